The van der Waals surface area contributed by atoms with Crippen LogP contribution in [0, 0.1) is 5.82 Å². The van der Waals surface area contributed by atoms with E-state index in [-0.39, 0.29) is 10.6 Å². The zero-order valence-corrected chi connectivity index (χ0v) is 9.10. The first-order valence-corrected chi connectivity index (χ1v) is 5.04. The van der Waals surface area contributed by atoms with Crippen molar-refractivity contribution in [3.05, 3.63) is 34.6 Å². The highest BCUT2D eigenvalue weighted by molar-refractivity contribution is 6.30. The van der Waals surface area contributed by atoms with Crippen LogP contribution in [0.5, 0.6) is 0 Å². The number of hydrogen-bond acceptors (Lipinski definition) is 2. The largest absolute Gasteiger partial charge is 0.443 e. The van der Waals surface area contributed by atoms with Crippen molar-refractivity contribution in [3.8, 4) is 0 Å². The number of carbonyl (C=O) groups is 1. The SMILES string of the molecule is O=C1N[C@H](c2cccc(Cl)c2F)C(F)(F)CO1. The number of rotatable bonds is 1. The fourth-order valence-corrected chi connectivity index (χ4v) is 1.74. The highest BCUT2D eigenvalue weighted by Crippen LogP contribution is 2.36. The van der Waals surface area contributed by atoms with E-state index < -0.39 is 30.5 Å². The maximum atomic E-state index is 13.6. The van der Waals surface area contributed by atoms with Gasteiger partial charge in [-0.2, -0.15) is 0 Å². The third-order valence-corrected chi connectivity index (χ3v) is 2.66. The van der Waals surface area contributed by atoms with Crippen molar-refractivity contribution in [2.45, 2.75) is 12.0 Å². The highest BCUT2D eigenvalue weighted by atomic mass is 35.5. The molecule has 0 radical (unpaired) electrons. The van der Waals surface area contributed by atoms with Crippen molar-refractivity contribution < 1.29 is 22.7 Å². The molecule has 1 aromatic rings. The van der Waals surface area contributed by atoms with Gasteiger partial charge in [0.05, 0.1) is 5.02 Å². The number of hydrogen-bond donors (Lipinski definition) is 1. The van der Waals surface area contributed by atoms with E-state index in [9.17, 15) is 18.0 Å². The van der Waals surface area contributed by atoms with Crippen LogP contribution in [-0.4, -0.2) is 18.6 Å². The van der Waals surface area contributed by atoms with Crippen LogP contribution in [0.1, 0.15) is 11.6 Å². The van der Waals surface area contributed by atoms with Gasteiger partial charge in [0.2, 0.25) is 0 Å². The van der Waals surface area contributed by atoms with Gasteiger partial charge in [0.25, 0.3) is 0 Å². The van der Waals surface area contributed by atoms with E-state index in [2.05, 4.69) is 4.74 Å². The van der Waals surface area contributed by atoms with E-state index in [0.29, 0.717) is 0 Å². The fraction of sp³-hybridized carbons (Fsp3) is 0.300. The summed E-state index contributed by atoms with van der Waals surface area (Å²) in [7, 11) is 0. The lowest BCUT2D eigenvalue weighted by Gasteiger charge is -2.32. The van der Waals surface area contributed by atoms with Gasteiger partial charge in [-0.3, -0.25) is 0 Å². The van der Waals surface area contributed by atoms with Gasteiger partial charge < -0.3 is 10.1 Å². The summed E-state index contributed by atoms with van der Waals surface area (Å²) in [6.45, 7) is -1.09. The molecule has 3 nitrogen and oxygen atoms in total. The fourth-order valence-electron chi connectivity index (χ4n) is 1.56. The summed E-state index contributed by atoms with van der Waals surface area (Å²) in [5.74, 6) is -4.36. The Bertz CT molecular complexity index is 467. The monoisotopic (exact) mass is 265 g/mol. The topological polar surface area (TPSA) is 38.3 Å². The summed E-state index contributed by atoms with van der Waals surface area (Å²) in [6.07, 6.45) is -1.01. The first-order chi connectivity index (χ1) is 7.92. The number of nitrogens with one attached hydrogen (secondary N) is 1. The Morgan fingerprint density at radius 3 is 2.88 bits per heavy atom. The van der Waals surface area contributed by atoms with Gasteiger partial charge in [-0.15, -0.1) is 0 Å². The van der Waals surface area contributed by atoms with Crippen molar-refractivity contribution in [1.29, 1.82) is 0 Å². The minimum atomic E-state index is -3.39. The predicted molar refractivity (Wildman–Crippen MR) is 53.6 cm³/mol. The van der Waals surface area contributed by atoms with Crippen LogP contribution in [0.3, 0.4) is 0 Å². The van der Waals surface area contributed by atoms with Gasteiger partial charge in [-0.1, -0.05) is 23.7 Å². The minimum Gasteiger partial charge on any atom is -0.443 e. The molecule has 0 unspecified atom stereocenters. The third kappa shape index (κ3) is 2.17. The van der Waals surface area contributed by atoms with E-state index in [4.69, 9.17) is 11.6 Å². The molecule has 0 saturated carbocycles. The molecule has 1 aromatic carbocycles. The minimum absolute atomic E-state index is 0.279. The number of alkyl halides is 2. The molecule has 92 valence electrons. The van der Waals surface area contributed by atoms with E-state index in [0.717, 1.165) is 6.07 Å². The van der Waals surface area contributed by atoms with E-state index >= 15 is 0 Å². The quantitative estimate of drug-likeness (QED) is 0.848. The van der Waals surface area contributed by atoms with Gasteiger partial charge in [0, 0.05) is 5.56 Å². The molecule has 0 aliphatic carbocycles. The Labute approximate surface area is 99.5 Å². The normalized spacial score (nSPS) is 22.8. The molecule has 0 spiro atoms. The van der Waals surface area contributed by atoms with Crippen LogP contribution in [0.2, 0.25) is 5.02 Å². The molecule has 17 heavy (non-hydrogen) atoms. The summed E-state index contributed by atoms with van der Waals surface area (Å²) in [5, 5.41) is 1.60. The molecule has 7 heteroatoms. The molecular formula is C10H7ClF3NO2. The molecule has 1 heterocycles. The number of halogens is 4. The molecule has 1 fully saturated rings. The summed E-state index contributed by atoms with van der Waals surface area (Å²) < 4.78 is 44.7. The lowest BCUT2D eigenvalue weighted by Crippen LogP contribution is -2.49. The van der Waals surface area contributed by atoms with E-state index in [1.165, 1.54) is 12.1 Å². The zero-order valence-electron chi connectivity index (χ0n) is 8.34. The van der Waals surface area contributed by atoms with Crippen LogP contribution < -0.4 is 5.32 Å². The molecule has 2 rings (SSSR count). The average Bonchev–Trinajstić information content (AvgIpc) is 2.26. The second kappa shape index (κ2) is 4.10. The lowest BCUT2D eigenvalue weighted by atomic mass is 9.99. The Morgan fingerprint density at radius 2 is 2.18 bits per heavy atom. The van der Waals surface area contributed by atoms with Crippen molar-refractivity contribution in [1.82, 2.24) is 5.32 Å². The van der Waals surface area contributed by atoms with Crippen LogP contribution in [0.25, 0.3) is 0 Å². The molecule has 1 atom stereocenters. The summed E-state index contributed by atoms with van der Waals surface area (Å²) in [6, 6.07) is 1.94. The molecule has 1 aliphatic rings. The van der Waals surface area contributed by atoms with Crippen molar-refractivity contribution >= 4 is 17.7 Å². The number of amides is 1. The standard InChI is InChI=1S/C10H7ClF3NO2/c11-6-3-1-2-5(7(6)12)8-10(13,14)4-17-9(16)15-8/h1-3,8H,4H2,(H,15,16)/t8-/m1/s1. The molecular weight excluding hydrogens is 259 g/mol. The molecule has 1 aliphatic heterocycles. The Morgan fingerprint density at radius 1 is 1.47 bits per heavy atom. The van der Waals surface area contributed by atoms with Crippen molar-refractivity contribution in [2.75, 3.05) is 6.61 Å². The summed E-state index contributed by atoms with van der Waals surface area (Å²) in [5.41, 5.74) is -0.362. The molecule has 0 bridgehead atoms. The van der Waals surface area contributed by atoms with Crippen LogP contribution in [0.4, 0.5) is 18.0 Å². The van der Waals surface area contributed by atoms with Crippen LogP contribution in [0.15, 0.2) is 18.2 Å². The number of carbonyl (C=O) groups excluding carboxylic acids is 1. The molecule has 1 saturated heterocycles. The van der Waals surface area contributed by atoms with Gasteiger partial charge in [0.1, 0.15) is 11.9 Å². The Hall–Kier alpha value is -1.43. The van der Waals surface area contributed by atoms with Gasteiger partial charge in [-0.05, 0) is 6.07 Å². The highest BCUT2D eigenvalue weighted by Gasteiger charge is 2.47. The number of alkyl carbamates (subject to hydrolysis) is 1. The molecule has 1 N–H and O–H groups in total. The summed E-state index contributed by atoms with van der Waals surface area (Å²) >= 11 is 5.50. The van der Waals surface area contributed by atoms with Gasteiger partial charge in [0.15, 0.2) is 6.61 Å². The second-order valence-electron chi connectivity index (χ2n) is 3.56. The summed E-state index contributed by atoms with van der Waals surface area (Å²) in [4.78, 5) is 10.9. The Kier molecular flexibility index (Phi) is 2.91. The smallest absolute Gasteiger partial charge is 0.408 e. The molecule has 1 amide bonds. The van der Waals surface area contributed by atoms with E-state index in [1.807, 2.05) is 5.32 Å². The van der Waals surface area contributed by atoms with Gasteiger partial charge >= 0.3 is 12.0 Å². The van der Waals surface area contributed by atoms with Gasteiger partial charge in [-0.25, -0.2) is 18.0 Å². The number of ether oxygens (including phenoxy) is 1. The van der Waals surface area contributed by atoms with Crippen molar-refractivity contribution in [3.63, 3.8) is 0 Å². The maximum absolute atomic E-state index is 13.6. The first-order valence-electron chi connectivity index (χ1n) is 4.67. The Balaban J connectivity index is 2.43. The second-order valence-corrected chi connectivity index (χ2v) is 3.96. The maximum Gasteiger partial charge on any atom is 0.408 e. The average molecular weight is 266 g/mol. The third-order valence-electron chi connectivity index (χ3n) is 2.37. The number of benzene rings is 1. The zero-order chi connectivity index (χ0) is 12.6. The lowest BCUT2D eigenvalue weighted by molar-refractivity contribution is -0.104. The van der Waals surface area contributed by atoms with E-state index in [1.54, 1.807) is 0 Å². The number of cyclic esters (lactones) is 1. The van der Waals surface area contributed by atoms with Crippen LogP contribution >= 0.6 is 11.6 Å². The van der Waals surface area contributed by atoms with Crippen molar-refractivity contribution in [2.24, 2.45) is 0 Å². The van der Waals surface area contributed by atoms with Crippen LogP contribution in [-0.2, 0) is 4.74 Å². The first kappa shape index (κ1) is 12.0. The predicted octanol–water partition coefficient (Wildman–Crippen LogP) is 2.90. The molecule has 0 aromatic heterocycles.